The van der Waals surface area contributed by atoms with Crippen molar-refractivity contribution in [3.05, 3.63) is 29.8 Å². The predicted octanol–water partition coefficient (Wildman–Crippen LogP) is 3.44. The number of ether oxygens (including phenoxy) is 1. The fourth-order valence-electron chi connectivity index (χ4n) is 1.38. The Kier molecular flexibility index (Phi) is 6.21. The predicted molar refractivity (Wildman–Crippen MR) is 73.0 cm³/mol. The summed E-state index contributed by atoms with van der Waals surface area (Å²) in [6, 6.07) is 5.72. The monoisotopic (exact) mass is 335 g/mol. The molecule has 0 aliphatic rings. The Balaban J connectivity index is 2.71. The van der Waals surface area contributed by atoms with Gasteiger partial charge in [0.15, 0.2) is 0 Å². The van der Waals surface area contributed by atoms with Crippen LogP contribution in [0.2, 0.25) is 0 Å². The van der Waals surface area contributed by atoms with E-state index in [4.69, 9.17) is 0 Å². The zero-order chi connectivity index (χ0) is 14.4. The van der Waals surface area contributed by atoms with Crippen molar-refractivity contribution in [3.8, 4) is 5.75 Å². The molecule has 1 rings (SSSR count). The van der Waals surface area contributed by atoms with Gasteiger partial charge in [-0.1, -0.05) is 28.9 Å². The lowest BCUT2D eigenvalue weighted by atomic mass is 10.1. The standard InChI is InChI=1S/C13H16BrF2NO2/c1-8(7-14)9(2)17-12(18)10-4-3-5-11(6-10)19-13(15)16/h3-6,8-9,13H,7H2,1-2H3,(H,17,18). The first kappa shape index (κ1) is 15.9. The fourth-order valence-corrected chi connectivity index (χ4v) is 1.94. The summed E-state index contributed by atoms with van der Waals surface area (Å²) in [5.41, 5.74) is 0.298. The molecule has 0 radical (unpaired) electrons. The largest absolute Gasteiger partial charge is 0.435 e. The normalized spacial score (nSPS) is 14.0. The van der Waals surface area contributed by atoms with Crippen molar-refractivity contribution in [1.29, 1.82) is 0 Å². The molecule has 1 amide bonds. The highest BCUT2D eigenvalue weighted by molar-refractivity contribution is 9.09. The molecule has 2 atom stereocenters. The van der Waals surface area contributed by atoms with Crippen molar-refractivity contribution in [2.75, 3.05) is 5.33 Å². The van der Waals surface area contributed by atoms with E-state index < -0.39 is 6.61 Å². The van der Waals surface area contributed by atoms with E-state index in [0.717, 1.165) is 5.33 Å². The van der Waals surface area contributed by atoms with E-state index in [2.05, 4.69) is 26.0 Å². The minimum absolute atomic E-state index is 0.0217. The average molecular weight is 336 g/mol. The summed E-state index contributed by atoms with van der Waals surface area (Å²) in [5.74, 6) is -0.0618. The second-order valence-corrected chi connectivity index (χ2v) is 4.95. The number of hydrogen-bond donors (Lipinski definition) is 1. The summed E-state index contributed by atoms with van der Waals surface area (Å²) in [6.45, 7) is 0.991. The molecule has 0 aliphatic heterocycles. The van der Waals surface area contributed by atoms with Crippen molar-refractivity contribution in [3.63, 3.8) is 0 Å². The van der Waals surface area contributed by atoms with Gasteiger partial charge in [-0.15, -0.1) is 0 Å². The Hall–Kier alpha value is -1.17. The number of hydrogen-bond acceptors (Lipinski definition) is 2. The van der Waals surface area contributed by atoms with Crippen molar-refractivity contribution in [2.24, 2.45) is 5.92 Å². The van der Waals surface area contributed by atoms with Gasteiger partial charge in [-0.2, -0.15) is 8.78 Å². The summed E-state index contributed by atoms with van der Waals surface area (Å²) < 4.78 is 28.4. The molecule has 1 N–H and O–H groups in total. The number of nitrogens with one attached hydrogen (secondary N) is 1. The molecule has 0 heterocycles. The van der Waals surface area contributed by atoms with Crippen LogP contribution in [0.15, 0.2) is 24.3 Å². The third-order valence-electron chi connectivity index (χ3n) is 2.78. The lowest BCUT2D eigenvalue weighted by Crippen LogP contribution is -2.37. The Bertz CT molecular complexity index is 429. The Morgan fingerprint density at radius 3 is 2.68 bits per heavy atom. The van der Waals surface area contributed by atoms with Gasteiger partial charge >= 0.3 is 6.61 Å². The summed E-state index contributed by atoms with van der Waals surface area (Å²) in [7, 11) is 0. The van der Waals surface area contributed by atoms with E-state index in [-0.39, 0.29) is 23.6 Å². The molecule has 1 aromatic rings. The van der Waals surface area contributed by atoms with Crippen molar-refractivity contribution >= 4 is 21.8 Å². The maximum Gasteiger partial charge on any atom is 0.387 e. The zero-order valence-corrected chi connectivity index (χ0v) is 12.3. The molecule has 3 nitrogen and oxygen atoms in total. The maximum atomic E-state index is 12.1. The molecular weight excluding hydrogens is 320 g/mol. The number of rotatable bonds is 6. The van der Waals surface area contributed by atoms with E-state index in [1.54, 1.807) is 6.07 Å². The van der Waals surface area contributed by atoms with Gasteiger partial charge in [0.25, 0.3) is 5.91 Å². The van der Waals surface area contributed by atoms with Gasteiger partial charge in [0.2, 0.25) is 0 Å². The molecule has 106 valence electrons. The van der Waals surface area contributed by atoms with E-state index >= 15 is 0 Å². The van der Waals surface area contributed by atoms with E-state index in [1.807, 2.05) is 13.8 Å². The lowest BCUT2D eigenvalue weighted by Gasteiger charge is -2.19. The van der Waals surface area contributed by atoms with Crippen LogP contribution in [0.5, 0.6) is 5.75 Å². The second kappa shape index (κ2) is 7.43. The summed E-state index contributed by atoms with van der Waals surface area (Å²) in [5, 5.41) is 3.58. The Morgan fingerprint density at radius 1 is 1.42 bits per heavy atom. The first-order valence-electron chi connectivity index (χ1n) is 5.85. The van der Waals surface area contributed by atoms with E-state index in [9.17, 15) is 13.6 Å². The van der Waals surface area contributed by atoms with Crippen LogP contribution in [0.25, 0.3) is 0 Å². The number of alkyl halides is 3. The van der Waals surface area contributed by atoms with Crippen molar-refractivity contribution in [2.45, 2.75) is 26.5 Å². The highest BCUT2D eigenvalue weighted by Gasteiger charge is 2.15. The average Bonchev–Trinajstić information content (AvgIpc) is 2.37. The lowest BCUT2D eigenvalue weighted by molar-refractivity contribution is -0.0498. The van der Waals surface area contributed by atoms with Crippen LogP contribution in [0.4, 0.5) is 8.78 Å². The molecule has 0 aromatic heterocycles. The minimum atomic E-state index is -2.90. The molecule has 0 saturated carbocycles. The Morgan fingerprint density at radius 2 is 2.11 bits per heavy atom. The van der Waals surface area contributed by atoms with Gasteiger partial charge in [0, 0.05) is 16.9 Å². The quantitative estimate of drug-likeness (QED) is 0.809. The first-order chi connectivity index (χ1) is 8.93. The van der Waals surface area contributed by atoms with Gasteiger partial charge in [-0.05, 0) is 31.0 Å². The molecule has 2 unspecified atom stereocenters. The molecular formula is C13H16BrF2NO2. The number of benzene rings is 1. The highest BCUT2D eigenvalue weighted by Crippen LogP contribution is 2.16. The van der Waals surface area contributed by atoms with Crippen LogP contribution < -0.4 is 10.1 Å². The summed E-state index contributed by atoms with van der Waals surface area (Å²) >= 11 is 3.35. The van der Waals surface area contributed by atoms with Crippen LogP contribution in [0.1, 0.15) is 24.2 Å². The van der Waals surface area contributed by atoms with Crippen LogP contribution >= 0.6 is 15.9 Å². The van der Waals surface area contributed by atoms with Gasteiger partial charge in [0.1, 0.15) is 5.75 Å². The maximum absolute atomic E-state index is 12.1. The molecule has 19 heavy (non-hydrogen) atoms. The minimum Gasteiger partial charge on any atom is -0.435 e. The third kappa shape index (κ3) is 5.14. The number of carbonyl (C=O) groups excluding carboxylic acids is 1. The van der Waals surface area contributed by atoms with E-state index in [1.165, 1.54) is 18.2 Å². The molecule has 0 bridgehead atoms. The van der Waals surface area contributed by atoms with Crippen LogP contribution in [-0.4, -0.2) is 23.9 Å². The number of halogens is 3. The van der Waals surface area contributed by atoms with Gasteiger partial charge < -0.3 is 10.1 Å². The molecule has 6 heteroatoms. The first-order valence-corrected chi connectivity index (χ1v) is 6.98. The van der Waals surface area contributed by atoms with Gasteiger partial charge in [0.05, 0.1) is 0 Å². The zero-order valence-electron chi connectivity index (χ0n) is 10.7. The topological polar surface area (TPSA) is 38.3 Å². The highest BCUT2D eigenvalue weighted by atomic mass is 79.9. The van der Waals surface area contributed by atoms with Crippen LogP contribution in [-0.2, 0) is 0 Å². The van der Waals surface area contributed by atoms with Crippen molar-refractivity contribution in [1.82, 2.24) is 5.32 Å². The third-order valence-corrected chi connectivity index (χ3v) is 3.80. The molecule has 1 aromatic carbocycles. The van der Waals surface area contributed by atoms with Gasteiger partial charge in [-0.25, -0.2) is 0 Å². The van der Waals surface area contributed by atoms with E-state index in [0.29, 0.717) is 5.56 Å². The van der Waals surface area contributed by atoms with Gasteiger partial charge in [-0.3, -0.25) is 4.79 Å². The fraction of sp³-hybridized carbons (Fsp3) is 0.462. The summed E-state index contributed by atoms with van der Waals surface area (Å²) in [4.78, 5) is 11.9. The number of amides is 1. The van der Waals surface area contributed by atoms with Crippen LogP contribution in [0.3, 0.4) is 0 Å². The molecule has 0 fully saturated rings. The SMILES string of the molecule is CC(CBr)C(C)NC(=O)c1cccc(OC(F)F)c1. The summed E-state index contributed by atoms with van der Waals surface area (Å²) in [6.07, 6.45) is 0. The van der Waals surface area contributed by atoms with Crippen molar-refractivity contribution < 1.29 is 18.3 Å². The smallest absolute Gasteiger partial charge is 0.387 e. The second-order valence-electron chi connectivity index (χ2n) is 4.30. The number of carbonyl (C=O) groups is 1. The molecule has 0 saturated heterocycles. The Labute approximate surface area is 119 Å². The molecule has 0 aliphatic carbocycles. The van der Waals surface area contributed by atoms with Crippen LogP contribution in [0, 0.1) is 5.92 Å². The molecule has 0 spiro atoms.